The molecule has 5 nitrogen and oxygen atoms in total. The van der Waals surface area contributed by atoms with Crippen molar-refractivity contribution >= 4 is 17.5 Å². The molecule has 8 heteroatoms. The Morgan fingerprint density at radius 2 is 1.68 bits per heavy atom. The number of rotatable bonds is 6. The number of carbonyl (C=O) groups excluding carboxylic acids is 1. The molecule has 0 N–H and O–H groups in total. The van der Waals surface area contributed by atoms with E-state index in [2.05, 4.69) is 4.90 Å². The van der Waals surface area contributed by atoms with Gasteiger partial charge in [-0.3, -0.25) is 9.69 Å². The lowest BCUT2D eigenvalue weighted by atomic mass is 10.2. The van der Waals surface area contributed by atoms with Gasteiger partial charge in [0.2, 0.25) is 0 Å². The summed E-state index contributed by atoms with van der Waals surface area (Å²) in [4.78, 5) is 16.7. The molecule has 3 aromatic rings. The van der Waals surface area contributed by atoms with Crippen molar-refractivity contribution in [3.63, 3.8) is 0 Å². The van der Waals surface area contributed by atoms with Crippen molar-refractivity contribution in [2.75, 3.05) is 26.2 Å². The molecule has 31 heavy (non-hydrogen) atoms. The normalized spacial score (nSPS) is 14.6. The maximum absolute atomic E-state index is 13.1. The monoisotopic (exact) mass is 446 g/mol. The van der Waals surface area contributed by atoms with Gasteiger partial charge < -0.3 is 14.1 Å². The Bertz CT molecular complexity index is 1050. The fraction of sp³-hybridized carbons (Fsp3) is 0.261. The van der Waals surface area contributed by atoms with E-state index in [-0.39, 0.29) is 29.1 Å². The van der Waals surface area contributed by atoms with Gasteiger partial charge in [-0.05, 0) is 48.0 Å². The Hall–Kier alpha value is -2.90. The lowest BCUT2D eigenvalue weighted by Gasteiger charge is -2.34. The Morgan fingerprint density at radius 1 is 0.968 bits per heavy atom. The summed E-state index contributed by atoms with van der Waals surface area (Å²) in [6.45, 7) is 3.40. The summed E-state index contributed by atoms with van der Waals surface area (Å²) in [6.07, 6.45) is 0. The highest BCUT2D eigenvalue weighted by molar-refractivity contribution is 6.32. The molecular weight excluding hydrogens is 426 g/mol. The number of furan rings is 1. The number of ether oxygens (including phenoxy) is 1. The molecule has 0 saturated carbocycles. The van der Waals surface area contributed by atoms with Gasteiger partial charge in [0, 0.05) is 32.7 Å². The second kappa shape index (κ2) is 9.49. The molecule has 2 heterocycles. The highest BCUT2D eigenvalue weighted by atomic mass is 35.5. The van der Waals surface area contributed by atoms with Gasteiger partial charge in [-0.25, -0.2) is 8.78 Å². The smallest absolute Gasteiger partial charge is 0.289 e. The Kier molecular flexibility index (Phi) is 6.53. The zero-order valence-electron chi connectivity index (χ0n) is 16.7. The van der Waals surface area contributed by atoms with Crippen LogP contribution in [-0.2, 0) is 13.2 Å². The maximum Gasteiger partial charge on any atom is 0.289 e. The summed E-state index contributed by atoms with van der Waals surface area (Å²) in [7, 11) is 0. The van der Waals surface area contributed by atoms with Crippen molar-refractivity contribution in [2.24, 2.45) is 0 Å². The molecule has 0 atom stereocenters. The van der Waals surface area contributed by atoms with Crippen LogP contribution in [0.3, 0.4) is 0 Å². The van der Waals surface area contributed by atoms with Crippen LogP contribution in [-0.4, -0.2) is 41.9 Å². The van der Waals surface area contributed by atoms with Gasteiger partial charge in [0.25, 0.3) is 5.91 Å². The minimum absolute atomic E-state index is 0.0735. The van der Waals surface area contributed by atoms with Crippen LogP contribution in [0, 0.1) is 11.6 Å². The quantitative estimate of drug-likeness (QED) is 0.548. The van der Waals surface area contributed by atoms with E-state index >= 15 is 0 Å². The fourth-order valence-corrected chi connectivity index (χ4v) is 3.65. The molecule has 1 aliphatic heterocycles. The van der Waals surface area contributed by atoms with E-state index < -0.39 is 5.82 Å². The number of hydrogen-bond acceptors (Lipinski definition) is 4. The van der Waals surface area contributed by atoms with E-state index in [0.29, 0.717) is 24.6 Å². The average Bonchev–Trinajstić information content (AvgIpc) is 3.24. The predicted molar refractivity (Wildman–Crippen MR) is 112 cm³/mol. The molecule has 0 aliphatic carbocycles. The second-order valence-corrected chi connectivity index (χ2v) is 7.73. The summed E-state index contributed by atoms with van der Waals surface area (Å²) in [5, 5.41) is 0.168. The molecule has 2 aromatic carbocycles. The molecule has 1 aliphatic rings. The SMILES string of the molecule is O=C(c1ccc(COc2ccc(F)cc2Cl)o1)N1CCN(Cc2ccc(F)cc2)CC1. The molecule has 1 saturated heterocycles. The number of piperazine rings is 1. The van der Waals surface area contributed by atoms with Crippen LogP contribution in [0.1, 0.15) is 21.9 Å². The number of amides is 1. The first-order valence-corrected chi connectivity index (χ1v) is 10.3. The van der Waals surface area contributed by atoms with Crippen LogP contribution in [0.5, 0.6) is 5.75 Å². The lowest BCUT2D eigenvalue weighted by Crippen LogP contribution is -2.48. The Balaban J connectivity index is 1.28. The molecule has 0 spiro atoms. The van der Waals surface area contributed by atoms with Crippen LogP contribution < -0.4 is 4.74 Å². The summed E-state index contributed by atoms with van der Waals surface area (Å²) < 4.78 is 37.3. The Morgan fingerprint density at radius 3 is 2.39 bits per heavy atom. The molecule has 0 radical (unpaired) electrons. The number of nitrogens with zero attached hydrogens (tertiary/aromatic N) is 2. The molecule has 1 fully saturated rings. The first-order valence-electron chi connectivity index (χ1n) is 9.90. The molecule has 1 amide bonds. The van der Waals surface area contributed by atoms with Gasteiger partial charge in [0.05, 0.1) is 5.02 Å². The number of benzene rings is 2. The van der Waals surface area contributed by atoms with Gasteiger partial charge in [-0.2, -0.15) is 0 Å². The van der Waals surface area contributed by atoms with E-state index in [0.717, 1.165) is 25.2 Å². The van der Waals surface area contributed by atoms with E-state index in [9.17, 15) is 13.6 Å². The van der Waals surface area contributed by atoms with Gasteiger partial charge in [-0.15, -0.1) is 0 Å². The van der Waals surface area contributed by atoms with Crippen molar-refractivity contribution in [3.8, 4) is 5.75 Å². The summed E-state index contributed by atoms with van der Waals surface area (Å²) >= 11 is 5.95. The lowest BCUT2D eigenvalue weighted by molar-refractivity contribution is 0.0594. The maximum atomic E-state index is 13.1. The third kappa shape index (κ3) is 5.42. The van der Waals surface area contributed by atoms with Crippen molar-refractivity contribution in [3.05, 3.63) is 88.3 Å². The first kappa shape index (κ1) is 21.3. The summed E-state index contributed by atoms with van der Waals surface area (Å²) in [5.41, 5.74) is 1.04. The second-order valence-electron chi connectivity index (χ2n) is 7.32. The zero-order chi connectivity index (χ0) is 21.8. The molecule has 0 unspecified atom stereocenters. The molecule has 4 rings (SSSR count). The highest BCUT2D eigenvalue weighted by Crippen LogP contribution is 2.26. The summed E-state index contributed by atoms with van der Waals surface area (Å²) in [5.74, 6) is 0.190. The van der Waals surface area contributed by atoms with Crippen molar-refractivity contribution in [2.45, 2.75) is 13.2 Å². The molecule has 162 valence electrons. The van der Waals surface area contributed by atoms with Crippen molar-refractivity contribution in [1.29, 1.82) is 0 Å². The van der Waals surface area contributed by atoms with Crippen LogP contribution in [0.15, 0.2) is 59.0 Å². The van der Waals surface area contributed by atoms with Gasteiger partial charge in [0.15, 0.2) is 5.76 Å². The topological polar surface area (TPSA) is 45.9 Å². The predicted octanol–water partition coefficient (Wildman–Crippen LogP) is 4.75. The van der Waals surface area contributed by atoms with E-state index in [1.54, 1.807) is 29.2 Å². The van der Waals surface area contributed by atoms with Crippen LogP contribution in [0.4, 0.5) is 8.78 Å². The number of halogens is 3. The largest absolute Gasteiger partial charge is 0.484 e. The van der Waals surface area contributed by atoms with Crippen molar-refractivity contribution in [1.82, 2.24) is 9.80 Å². The van der Waals surface area contributed by atoms with Gasteiger partial charge in [0.1, 0.15) is 29.8 Å². The van der Waals surface area contributed by atoms with Crippen LogP contribution >= 0.6 is 11.6 Å². The zero-order valence-corrected chi connectivity index (χ0v) is 17.4. The molecular formula is C23H21ClF2N2O3. The third-order valence-electron chi connectivity index (χ3n) is 5.12. The van der Waals surface area contributed by atoms with E-state index in [1.807, 2.05) is 0 Å². The summed E-state index contributed by atoms with van der Waals surface area (Å²) in [6, 6.07) is 13.6. The molecule has 0 bridgehead atoms. The minimum atomic E-state index is -0.444. The number of hydrogen-bond donors (Lipinski definition) is 0. The van der Waals surface area contributed by atoms with Gasteiger partial charge >= 0.3 is 0 Å². The minimum Gasteiger partial charge on any atom is -0.484 e. The Labute approximate surface area is 183 Å². The highest BCUT2D eigenvalue weighted by Gasteiger charge is 2.24. The first-order chi connectivity index (χ1) is 15.0. The average molecular weight is 447 g/mol. The van der Waals surface area contributed by atoms with Crippen LogP contribution in [0.2, 0.25) is 5.02 Å². The standard InChI is InChI=1S/C23H21ClF2N2O3/c24-20-13-18(26)5-7-21(20)30-15-19-6-8-22(31-19)23(29)28-11-9-27(10-12-28)14-16-1-3-17(25)4-2-16/h1-8,13H,9-12,14-15H2. The van der Waals surface area contributed by atoms with Crippen LogP contribution in [0.25, 0.3) is 0 Å². The third-order valence-corrected chi connectivity index (χ3v) is 5.41. The van der Waals surface area contributed by atoms with Gasteiger partial charge in [-0.1, -0.05) is 23.7 Å². The molecule has 1 aromatic heterocycles. The fourth-order valence-electron chi connectivity index (χ4n) is 3.42. The van der Waals surface area contributed by atoms with E-state index in [4.69, 9.17) is 20.8 Å². The number of carbonyl (C=O) groups is 1. The van der Waals surface area contributed by atoms with E-state index in [1.165, 1.54) is 30.3 Å². The van der Waals surface area contributed by atoms with Crippen molar-refractivity contribution < 1.29 is 22.7 Å².